The van der Waals surface area contributed by atoms with Gasteiger partial charge < -0.3 is 0 Å². The number of carbonyl (C=O) groups excluding carboxylic acids is 1. The molecule has 0 saturated carbocycles. The fourth-order valence-electron chi connectivity index (χ4n) is 1.29. The Morgan fingerprint density at radius 2 is 2.27 bits per heavy atom. The van der Waals surface area contributed by atoms with Crippen LogP contribution in [-0.4, -0.2) is 21.0 Å². The molecule has 2 rings (SSSR count). The van der Waals surface area contributed by atoms with Crippen molar-refractivity contribution in [3.63, 3.8) is 0 Å². The monoisotopic (exact) mass is 222 g/mol. The van der Waals surface area contributed by atoms with Crippen LogP contribution in [0.3, 0.4) is 0 Å². The molecular formula is C10H7ClN2O2. The van der Waals surface area contributed by atoms with Gasteiger partial charge in [-0.2, -0.15) is 0 Å². The van der Waals surface area contributed by atoms with Crippen LogP contribution in [-0.2, 0) is 0 Å². The van der Waals surface area contributed by atoms with Gasteiger partial charge in [-0.3, -0.25) is 14.0 Å². The van der Waals surface area contributed by atoms with E-state index in [1.54, 1.807) is 24.4 Å². The number of nitrogens with zero attached hydrogens (tertiary/aromatic N) is 2. The summed E-state index contributed by atoms with van der Waals surface area (Å²) in [6.45, 7) is 0. The summed E-state index contributed by atoms with van der Waals surface area (Å²) in [7, 11) is 0. The molecule has 0 radical (unpaired) electrons. The van der Waals surface area contributed by atoms with E-state index in [1.165, 1.54) is 10.6 Å². The smallest absolute Gasteiger partial charge is 0.268 e. The average molecular weight is 223 g/mol. The predicted octanol–water partition coefficient (Wildman–Crippen LogP) is 1.12. The highest BCUT2D eigenvalue weighted by atomic mass is 35.5. The maximum Gasteiger partial charge on any atom is 0.268 e. The zero-order valence-corrected chi connectivity index (χ0v) is 8.44. The maximum atomic E-state index is 11.8. The van der Waals surface area contributed by atoms with E-state index in [2.05, 4.69) is 4.98 Å². The summed E-state index contributed by atoms with van der Waals surface area (Å²) in [6, 6.07) is 5.16. The Hall–Kier alpha value is -1.68. The Balaban J connectivity index is 2.76. The van der Waals surface area contributed by atoms with Crippen molar-refractivity contribution in [1.82, 2.24) is 9.38 Å². The van der Waals surface area contributed by atoms with Crippen LogP contribution in [0.1, 0.15) is 10.4 Å². The van der Waals surface area contributed by atoms with Crippen molar-refractivity contribution in [2.45, 2.75) is 0 Å². The van der Waals surface area contributed by atoms with Crippen molar-refractivity contribution in [2.24, 2.45) is 0 Å². The largest absolute Gasteiger partial charge is 0.293 e. The molecule has 0 aliphatic heterocycles. The van der Waals surface area contributed by atoms with Crippen LogP contribution in [0.2, 0.25) is 0 Å². The van der Waals surface area contributed by atoms with E-state index in [0.29, 0.717) is 5.65 Å². The van der Waals surface area contributed by atoms with E-state index >= 15 is 0 Å². The molecule has 4 nitrogen and oxygen atoms in total. The SMILES string of the molecule is O=C(CCl)c1cnc2ccccn2c1=O. The number of halogens is 1. The lowest BCUT2D eigenvalue weighted by molar-refractivity contribution is 0.101. The standard InChI is InChI=1S/C10H7ClN2O2/c11-5-8(14)7-6-12-9-3-1-2-4-13(9)10(7)15/h1-4,6H,5H2. The second kappa shape index (κ2) is 3.82. The molecule has 2 aromatic rings. The Morgan fingerprint density at radius 3 is 3.00 bits per heavy atom. The maximum absolute atomic E-state index is 11.8. The topological polar surface area (TPSA) is 51.4 Å². The fraction of sp³-hybridized carbons (Fsp3) is 0.100. The van der Waals surface area contributed by atoms with Gasteiger partial charge in [-0.25, -0.2) is 4.98 Å². The summed E-state index contributed by atoms with van der Waals surface area (Å²) in [5.41, 5.74) is 0.147. The lowest BCUT2D eigenvalue weighted by Gasteiger charge is -2.00. The molecule has 0 aromatic carbocycles. The molecule has 0 aliphatic rings. The summed E-state index contributed by atoms with van der Waals surface area (Å²) < 4.78 is 1.32. The predicted molar refractivity (Wildman–Crippen MR) is 56.5 cm³/mol. The zero-order valence-electron chi connectivity index (χ0n) is 7.68. The first-order valence-corrected chi connectivity index (χ1v) is 4.83. The highest BCUT2D eigenvalue weighted by Gasteiger charge is 2.11. The van der Waals surface area contributed by atoms with Gasteiger partial charge in [0.05, 0.1) is 5.88 Å². The van der Waals surface area contributed by atoms with Gasteiger partial charge in [0, 0.05) is 12.4 Å². The van der Waals surface area contributed by atoms with E-state index in [1.807, 2.05) is 0 Å². The summed E-state index contributed by atoms with van der Waals surface area (Å²) in [5, 5.41) is 0. The first kappa shape index (κ1) is 9.86. The Bertz CT molecular complexity index is 577. The number of pyridine rings is 1. The van der Waals surface area contributed by atoms with Gasteiger partial charge in [0.2, 0.25) is 0 Å². The molecule has 2 heterocycles. The lowest BCUT2D eigenvalue weighted by Crippen LogP contribution is -2.23. The first-order valence-electron chi connectivity index (χ1n) is 4.29. The molecule has 0 amide bonds. The average Bonchev–Trinajstić information content (AvgIpc) is 2.29. The second-order valence-electron chi connectivity index (χ2n) is 2.96. The number of hydrogen-bond acceptors (Lipinski definition) is 3. The van der Waals surface area contributed by atoms with Gasteiger partial charge in [0.15, 0.2) is 5.78 Å². The van der Waals surface area contributed by atoms with E-state index in [0.717, 1.165) is 0 Å². The van der Waals surface area contributed by atoms with Gasteiger partial charge in [0.25, 0.3) is 5.56 Å². The third-order valence-electron chi connectivity index (χ3n) is 2.04. The highest BCUT2D eigenvalue weighted by molar-refractivity contribution is 6.30. The molecule has 0 spiro atoms. The Labute approximate surface area is 90.1 Å². The number of carbonyl (C=O) groups is 1. The van der Waals surface area contributed by atoms with Crippen LogP contribution in [0.15, 0.2) is 35.4 Å². The van der Waals surface area contributed by atoms with Crippen LogP contribution in [0.5, 0.6) is 0 Å². The third kappa shape index (κ3) is 1.64. The molecule has 5 heteroatoms. The fourth-order valence-corrected chi connectivity index (χ4v) is 1.43. The van der Waals surface area contributed by atoms with Gasteiger partial charge in [-0.1, -0.05) is 6.07 Å². The van der Waals surface area contributed by atoms with Gasteiger partial charge in [0.1, 0.15) is 11.2 Å². The quantitative estimate of drug-likeness (QED) is 0.565. The van der Waals surface area contributed by atoms with Crippen molar-refractivity contribution in [3.8, 4) is 0 Å². The molecule has 2 aromatic heterocycles. The molecule has 0 bridgehead atoms. The molecule has 0 aliphatic carbocycles. The Morgan fingerprint density at radius 1 is 1.47 bits per heavy atom. The van der Waals surface area contributed by atoms with Crippen LogP contribution < -0.4 is 5.56 Å². The number of ketones is 1. The van der Waals surface area contributed by atoms with E-state index in [-0.39, 0.29) is 17.0 Å². The summed E-state index contributed by atoms with van der Waals surface area (Å²) >= 11 is 5.38. The van der Waals surface area contributed by atoms with Gasteiger partial charge in [-0.05, 0) is 12.1 Å². The van der Waals surface area contributed by atoms with Crippen molar-refractivity contribution in [1.29, 1.82) is 0 Å². The third-order valence-corrected chi connectivity index (χ3v) is 2.28. The number of fused-ring (bicyclic) bond motifs is 1. The molecule has 0 fully saturated rings. The lowest BCUT2D eigenvalue weighted by atomic mass is 10.2. The van der Waals surface area contributed by atoms with Crippen molar-refractivity contribution in [2.75, 3.05) is 5.88 Å². The number of rotatable bonds is 2. The van der Waals surface area contributed by atoms with Crippen molar-refractivity contribution >= 4 is 23.0 Å². The number of hydrogen-bond donors (Lipinski definition) is 0. The van der Waals surface area contributed by atoms with Gasteiger partial charge in [-0.15, -0.1) is 11.6 Å². The normalized spacial score (nSPS) is 10.5. The highest BCUT2D eigenvalue weighted by Crippen LogP contribution is 1.99. The molecule has 0 N–H and O–H groups in total. The summed E-state index contributed by atoms with van der Waals surface area (Å²) in [4.78, 5) is 27.1. The first-order chi connectivity index (χ1) is 7.24. The van der Waals surface area contributed by atoms with Crippen LogP contribution >= 0.6 is 11.6 Å². The molecule has 15 heavy (non-hydrogen) atoms. The van der Waals surface area contributed by atoms with E-state index in [9.17, 15) is 9.59 Å². The zero-order chi connectivity index (χ0) is 10.8. The molecule has 76 valence electrons. The van der Waals surface area contributed by atoms with Crippen LogP contribution in [0.25, 0.3) is 5.65 Å². The minimum atomic E-state index is -0.410. The molecule has 0 atom stereocenters. The number of alkyl halides is 1. The van der Waals surface area contributed by atoms with Crippen molar-refractivity contribution in [3.05, 3.63) is 46.5 Å². The van der Waals surface area contributed by atoms with Gasteiger partial charge >= 0.3 is 0 Å². The van der Waals surface area contributed by atoms with Crippen molar-refractivity contribution < 1.29 is 4.79 Å². The van der Waals surface area contributed by atoms with E-state index in [4.69, 9.17) is 11.6 Å². The summed E-state index contributed by atoms with van der Waals surface area (Å²) in [5.74, 6) is -0.622. The molecular weight excluding hydrogens is 216 g/mol. The number of Topliss-reactive ketones (excluding diaryl/α,β-unsaturated/α-hetero) is 1. The number of aromatic nitrogens is 2. The van der Waals surface area contributed by atoms with Crippen LogP contribution in [0.4, 0.5) is 0 Å². The minimum absolute atomic E-state index is 0.0219. The van der Waals surface area contributed by atoms with E-state index < -0.39 is 5.78 Å². The Kier molecular flexibility index (Phi) is 2.51. The molecule has 0 unspecified atom stereocenters. The molecule has 0 saturated heterocycles. The minimum Gasteiger partial charge on any atom is -0.293 e. The summed E-state index contributed by atoms with van der Waals surface area (Å²) in [6.07, 6.45) is 2.83. The van der Waals surface area contributed by atoms with Crippen LogP contribution in [0, 0.1) is 0 Å². The second-order valence-corrected chi connectivity index (χ2v) is 3.23.